The molecule has 1 rings (SSSR count). The molecule has 1 aliphatic rings. The Hall–Kier alpha value is -0.570. The van der Waals surface area contributed by atoms with Crippen LogP contribution in [-0.2, 0) is 9.53 Å². The van der Waals surface area contributed by atoms with Gasteiger partial charge in [0.25, 0.3) is 6.47 Å². The van der Waals surface area contributed by atoms with Crippen molar-refractivity contribution in [2.24, 2.45) is 0 Å². The van der Waals surface area contributed by atoms with Gasteiger partial charge in [0.05, 0.1) is 7.11 Å². The maximum atomic E-state index is 8.95. The molecule has 0 spiro atoms. The predicted octanol–water partition coefficient (Wildman–Crippen LogP) is 1.19. The molecule has 1 fully saturated rings. The maximum absolute atomic E-state index is 8.95. The van der Waals surface area contributed by atoms with E-state index in [4.69, 9.17) is 4.79 Å². The molecule has 0 amide bonds. The van der Waals surface area contributed by atoms with E-state index in [1.54, 1.807) is 0 Å². The van der Waals surface area contributed by atoms with Crippen molar-refractivity contribution in [3.8, 4) is 0 Å². The lowest BCUT2D eigenvalue weighted by Crippen LogP contribution is -2.03. The molecule has 11 heavy (non-hydrogen) atoms. The number of carbonyl (C=O) groups excluding carboxylic acids is 1. The first-order valence-electron chi connectivity index (χ1n) is 4.09. The van der Waals surface area contributed by atoms with Gasteiger partial charge in [0, 0.05) is 0 Å². The molecule has 1 saturated heterocycles. The zero-order chi connectivity index (χ0) is 8.95. The fourth-order valence-electron chi connectivity index (χ4n) is 0.625. The van der Waals surface area contributed by atoms with Crippen molar-refractivity contribution in [1.82, 2.24) is 5.32 Å². The fourth-order valence-corrected chi connectivity index (χ4v) is 0.625. The van der Waals surface area contributed by atoms with Gasteiger partial charge in [0.1, 0.15) is 0 Å². The molecule has 1 heterocycles. The van der Waals surface area contributed by atoms with Crippen LogP contribution in [0.4, 0.5) is 0 Å². The number of rotatable bonds is 1. The molecule has 0 saturated carbocycles. The van der Waals surface area contributed by atoms with E-state index >= 15 is 0 Å². The lowest BCUT2D eigenvalue weighted by atomic mass is 10.4. The van der Waals surface area contributed by atoms with Crippen molar-refractivity contribution in [2.45, 2.75) is 26.7 Å². The van der Waals surface area contributed by atoms with Gasteiger partial charge in [0.15, 0.2) is 0 Å². The zero-order valence-corrected chi connectivity index (χ0v) is 7.72. The number of nitrogens with one attached hydrogen (secondary N) is 1. The van der Waals surface area contributed by atoms with E-state index in [-0.39, 0.29) is 0 Å². The van der Waals surface area contributed by atoms with E-state index in [0.29, 0.717) is 6.47 Å². The molecular weight excluding hydrogens is 142 g/mol. The van der Waals surface area contributed by atoms with Gasteiger partial charge in [-0.25, -0.2) is 0 Å². The Kier molecular flexibility index (Phi) is 19.2. The second kappa shape index (κ2) is 16.2. The summed E-state index contributed by atoms with van der Waals surface area (Å²) in [5.74, 6) is 0. The molecule has 0 radical (unpaired) electrons. The summed E-state index contributed by atoms with van der Waals surface area (Å²) in [5, 5.41) is 3.22. The van der Waals surface area contributed by atoms with Crippen molar-refractivity contribution in [2.75, 3.05) is 20.2 Å². The molecule has 0 unspecified atom stereocenters. The van der Waals surface area contributed by atoms with Crippen LogP contribution in [0.3, 0.4) is 0 Å². The van der Waals surface area contributed by atoms with Crippen LogP contribution in [0.1, 0.15) is 26.7 Å². The third-order valence-corrected chi connectivity index (χ3v) is 1.05. The molecule has 0 aromatic carbocycles. The molecule has 0 aromatic rings. The van der Waals surface area contributed by atoms with Crippen LogP contribution in [0.2, 0.25) is 0 Å². The maximum Gasteiger partial charge on any atom is 0.292 e. The van der Waals surface area contributed by atoms with Gasteiger partial charge in [-0.2, -0.15) is 0 Å². The highest BCUT2D eigenvalue weighted by molar-refractivity contribution is 5.36. The average molecular weight is 161 g/mol. The highest BCUT2D eigenvalue weighted by Crippen LogP contribution is 1.90. The predicted molar refractivity (Wildman–Crippen MR) is 46.5 cm³/mol. The van der Waals surface area contributed by atoms with Gasteiger partial charge >= 0.3 is 0 Å². The molecular formula is C8H19NO2. The van der Waals surface area contributed by atoms with Crippen molar-refractivity contribution in [3.63, 3.8) is 0 Å². The third-order valence-electron chi connectivity index (χ3n) is 1.05. The van der Waals surface area contributed by atoms with Crippen LogP contribution in [0.15, 0.2) is 0 Å². The van der Waals surface area contributed by atoms with Crippen LogP contribution >= 0.6 is 0 Å². The van der Waals surface area contributed by atoms with E-state index in [1.807, 2.05) is 13.8 Å². The van der Waals surface area contributed by atoms with E-state index in [9.17, 15) is 0 Å². The van der Waals surface area contributed by atoms with Crippen molar-refractivity contribution in [3.05, 3.63) is 0 Å². The topological polar surface area (TPSA) is 38.3 Å². The number of hydrogen-bond donors (Lipinski definition) is 1. The van der Waals surface area contributed by atoms with Crippen LogP contribution in [0.5, 0.6) is 0 Å². The summed E-state index contributed by atoms with van der Waals surface area (Å²) >= 11 is 0. The lowest BCUT2D eigenvalue weighted by Gasteiger charge is -1.76. The molecule has 1 aliphatic heterocycles. The zero-order valence-electron chi connectivity index (χ0n) is 7.72. The molecule has 68 valence electrons. The van der Waals surface area contributed by atoms with Crippen molar-refractivity contribution < 1.29 is 9.53 Å². The molecule has 3 heteroatoms. The van der Waals surface area contributed by atoms with E-state index in [1.165, 1.54) is 33.0 Å². The summed E-state index contributed by atoms with van der Waals surface area (Å²) in [5.41, 5.74) is 0. The number of carbonyl (C=O) groups is 1. The van der Waals surface area contributed by atoms with Crippen molar-refractivity contribution in [1.29, 1.82) is 0 Å². The minimum Gasteiger partial charge on any atom is -0.471 e. The Morgan fingerprint density at radius 3 is 1.73 bits per heavy atom. The molecule has 1 N–H and O–H groups in total. The Morgan fingerprint density at radius 1 is 1.27 bits per heavy atom. The molecule has 0 atom stereocenters. The molecule has 3 nitrogen and oxygen atoms in total. The first-order chi connectivity index (χ1) is 5.41. The SMILES string of the molecule is C1CCNC1.CC.COC=O. The number of ether oxygens (including phenoxy) is 1. The smallest absolute Gasteiger partial charge is 0.292 e. The van der Waals surface area contributed by atoms with Crippen LogP contribution in [0.25, 0.3) is 0 Å². The average Bonchev–Trinajstić information content (AvgIpc) is 2.65. The quantitative estimate of drug-likeness (QED) is 0.587. The molecule has 0 aliphatic carbocycles. The van der Waals surface area contributed by atoms with Gasteiger partial charge in [-0.15, -0.1) is 0 Å². The minimum absolute atomic E-state index is 0.375. The fraction of sp³-hybridized carbons (Fsp3) is 0.875. The summed E-state index contributed by atoms with van der Waals surface area (Å²) in [6, 6.07) is 0. The Morgan fingerprint density at radius 2 is 1.64 bits per heavy atom. The van der Waals surface area contributed by atoms with Gasteiger partial charge in [-0.05, 0) is 25.9 Å². The van der Waals surface area contributed by atoms with Gasteiger partial charge in [-0.1, -0.05) is 13.8 Å². The Labute approximate surface area is 69.1 Å². The lowest BCUT2D eigenvalue weighted by molar-refractivity contribution is -0.126. The minimum atomic E-state index is 0.375. The molecule has 0 bridgehead atoms. The largest absolute Gasteiger partial charge is 0.471 e. The standard InChI is InChI=1S/C4H9N.C2H4O2.C2H6/c1-2-4-5-3-1;1-4-2-3;1-2/h5H,1-4H2;2H,1H3;1-2H3. The monoisotopic (exact) mass is 161 g/mol. The van der Waals surface area contributed by atoms with Crippen molar-refractivity contribution >= 4 is 6.47 Å². The number of hydrogen-bond acceptors (Lipinski definition) is 3. The number of methoxy groups -OCH3 is 1. The summed E-state index contributed by atoms with van der Waals surface area (Å²) in [4.78, 5) is 8.95. The highest BCUT2D eigenvalue weighted by atomic mass is 16.5. The van der Waals surface area contributed by atoms with Gasteiger partial charge < -0.3 is 10.1 Å². The summed E-state index contributed by atoms with van der Waals surface area (Å²) in [6.45, 7) is 6.88. The summed E-state index contributed by atoms with van der Waals surface area (Å²) in [7, 11) is 1.31. The summed E-state index contributed by atoms with van der Waals surface area (Å²) < 4.78 is 3.86. The van der Waals surface area contributed by atoms with E-state index in [0.717, 1.165) is 0 Å². The highest BCUT2D eigenvalue weighted by Gasteiger charge is 1.93. The second-order valence-corrected chi connectivity index (χ2v) is 1.79. The van der Waals surface area contributed by atoms with Crippen LogP contribution in [0, 0.1) is 0 Å². The first kappa shape index (κ1) is 13.1. The van der Waals surface area contributed by atoms with Gasteiger partial charge in [0.2, 0.25) is 0 Å². The summed E-state index contributed by atoms with van der Waals surface area (Å²) in [6.07, 6.45) is 2.78. The van der Waals surface area contributed by atoms with Gasteiger partial charge in [-0.3, -0.25) is 4.79 Å². The van der Waals surface area contributed by atoms with Crippen LogP contribution in [-0.4, -0.2) is 26.7 Å². The van der Waals surface area contributed by atoms with E-state index < -0.39 is 0 Å². The normalized spacial score (nSPS) is 13.4. The second-order valence-electron chi connectivity index (χ2n) is 1.79. The third kappa shape index (κ3) is 17.7. The molecule has 0 aromatic heterocycles. The Balaban J connectivity index is 0. The Bertz CT molecular complexity index is 55.5. The first-order valence-corrected chi connectivity index (χ1v) is 4.09. The van der Waals surface area contributed by atoms with E-state index in [2.05, 4.69) is 10.1 Å². The van der Waals surface area contributed by atoms with Crippen LogP contribution < -0.4 is 5.32 Å².